The molecule has 1 saturated heterocycles. The second-order valence-electron chi connectivity index (χ2n) is 9.87. The van der Waals surface area contributed by atoms with Gasteiger partial charge in [0, 0.05) is 50.6 Å². The molecule has 1 fully saturated rings. The first-order valence-corrected chi connectivity index (χ1v) is 14.2. The molecule has 36 heavy (non-hydrogen) atoms. The molecule has 0 radical (unpaired) electrons. The van der Waals surface area contributed by atoms with Gasteiger partial charge in [-0.25, -0.2) is 14.8 Å². The van der Waals surface area contributed by atoms with Gasteiger partial charge in [0.25, 0.3) is 0 Å². The molecule has 2 aromatic heterocycles. The normalized spacial score (nSPS) is 16.6. The molecule has 1 aromatic carbocycles. The van der Waals surface area contributed by atoms with E-state index in [4.69, 9.17) is 33.2 Å². The minimum absolute atomic E-state index is 0.189. The number of thiophene rings is 1. The van der Waals surface area contributed by atoms with Crippen LogP contribution in [0.4, 0.5) is 16.3 Å². The number of aromatic nitrogens is 2. The van der Waals surface area contributed by atoms with Crippen LogP contribution in [0.3, 0.4) is 0 Å². The number of fused-ring (bicyclic) bond motifs is 3. The summed E-state index contributed by atoms with van der Waals surface area (Å²) < 4.78 is 0. The number of rotatable bonds is 5. The molecule has 10 heteroatoms. The largest absolute Gasteiger partial charge is 0.352 e. The fraction of sp³-hybridized carbons (Fsp3) is 0.500. The summed E-state index contributed by atoms with van der Waals surface area (Å²) in [4.78, 5) is 32.2. The molecule has 2 aliphatic rings. The summed E-state index contributed by atoms with van der Waals surface area (Å²) >= 11 is 14.3. The number of nitrogens with zero attached hydrogens (tertiary/aromatic N) is 5. The second-order valence-corrected chi connectivity index (χ2v) is 11.8. The van der Waals surface area contributed by atoms with Gasteiger partial charge in [-0.15, -0.1) is 11.3 Å². The van der Waals surface area contributed by atoms with Gasteiger partial charge in [0.15, 0.2) is 0 Å². The first-order chi connectivity index (χ1) is 17.3. The Hall–Kier alpha value is -2.13. The SMILES string of the molecule is CCN1CCc2c(sc3nc(CC(C)C)nc(N4CCN(C(=O)Nc5c(Cl)cccc5Cl)CC4)c23)C1. The van der Waals surface area contributed by atoms with Gasteiger partial charge in [-0.2, -0.15) is 0 Å². The Balaban J connectivity index is 1.38. The van der Waals surface area contributed by atoms with Crippen molar-refractivity contribution in [1.82, 2.24) is 19.8 Å². The van der Waals surface area contributed by atoms with Crippen LogP contribution in [0.15, 0.2) is 18.2 Å². The lowest BCUT2D eigenvalue weighted by Gasteiger charge is -2.36. The number of halogens is 2. The first-order valence-electron chi connectivity index (χ1n) is 12.6. The maximum atomic E-state index is 13.0. The number of nitrogens with one attached hydrogen (secondary N) is 1. The van der Waals surface area contributed by atoms with Crippen molar-refractivity contribution in [2.24, 2.45) is 5.92 Å². The van der Waals surface area contributed by atoms with Crippen LogP contribution in [0.2, 0.25) is 10.0 Å². The lowest BCUT2D eigenvalue weighted by molar-refractivity contribution is 0.208. The van der Waals surface area contributed by atoms with Crippen molar-refractivity contribution >= 4 is 62.3 Å². The van der Waals surface area contributed by atoms with E-state index in [9.17, 15) is 4.79 Å². The smallest absolute Gasteiger partial charge is 0.322 e. The number of carbonyl (C=O) groups is 1. The van der Waals surface area contributed by atoms with E-state index in [0.717, 1.165) is 48.9 Å². The van der Waals surface area contributed by atoms with E-state index in [1.54, 1.807) is 18.2 Å². The number of piperazine rings is 1. The third-order valence-electron chi connectivity index (χ3n) is 6.91. The maximum Gasteiger partial charge on any atom is 0.322 e. The van der Waals surface area contributed by atoms with Crippen LogP contribution in [-0.4, -0.2) is 65.1 Å². The van der Waals surface area contributed by atoms with Crippen LogP contribution in [0, 0.1) is 5.92 Å². The third kappa shape index (κ3) is 5.14. The summed E-state index contributed by atoms with van der Waals surface area (Å²) in [5.41, 5.74) is 1.87. The Morgan fingerprint density at radius 1 is 1.11 bits per heavy atom. The topological polar surface area (TPSA) is 64.6 Å². The molecule has 4 heterocycles. The zero-order valence-corrected chi connectivity index (χ0v) is 23.3. The van der Waals surface area contributed by atoms with Crippen LogP contribution in [0.25, 0.3) is 10.2 Å². The molecule has 0 aliphatic carbocycles. The summed E-state index contributed by atoms with van der Waals surface area (Å²) in [6.45, 7) is 12.4. The number of amides is 2. The van der Waals surface area contributed by atoms with E-state index >= 15 is 0 Å². The Labute approximate surface area is 226 Å². The molecule has 0 spiro atoms. The molecule has 0 atom stereocenters. The Bertz CT molecular complexity index is 1250. The number of benzene rings is 1. The van der Waals surface area contributed by atoms with Crippen molar-refractivity contribution in [3.63, 3.8) is 0 Å². The highest BCUT2D eigenvalue weighted by Crippen LogP contribution is 2.39. The summed E-state index contributed by atoms with van der Waals surface area (Å²) in [7, 11) is 0. The number of hydrogen-bond donors (Lipinski definition) is 1. The monoisotopic (exact) mass is 546 g/mol. The molecule has 5 rings (SSSR count). The minimum atomic E-state index is -0.189. The molecule has 192 valence electrons. The molecule has 0 bridgehead atoms. The molecule has 1 N–H and O–H groups in total. The van der Waals surface area contributed by atoms with Gasteiger partial charge in [-0.1, -0.05) is 50.0 Å². The van der Waals surface area contributed by atoms with Gasteiger partial charge >= 0.3 is 6.03 Å². The number of para-hydroxylation sites is 1. The number of hydrogen-bond acceptors (Lipinski definition) is 6. The first kappa shape index (κ1) is 25.5. The summed E-state index contributed by atoms with van der Waals surface area (Å²) in [5, 5.41) is 4.97. The van der Waals surface area contributed by atoms with Crippen LogP contribution < -0.4 is 10.2 Å². The molecule has 2 amide bonds. The van der Waals surface area contributed by atoms with E-state index in [1.165, 1.54) is 15.8 Å². The molecule has 0 saturated carbocycles. The van der Waals surface area contributed by atoms with Gasteiger partial charge in [0.2, 0.25) is 0 Å². The molecule has 7 nitrogen and oxygen atoms in total. The van der Waals surface area contributed by atoms with Crippen molar-refractivity contribution in [3.05, 3.63) is 44.5 Å². The Morgan fingerprint density at radius 3 is 2.50 bits per heavy atom. The second kappa shape index (κ2) is 10.7. The predicted molar refractivity (Wildman–Crippen MR) is 150 cm³/mol. The molecular weight excluding hydrogens is 515 g/mol. The standard InChI is InChI=1S/C26H32Cl2N6OS/c1-4-32-9-8-17-20(15-32)36-25-22(17)24(29-21(30-25)14-16(2)3)33-10-12-34(13-11-33)26(35)31-23-18(27)6-5-7-19(23)28/h5-7,16H,4,8-15H2,1-3H3,(H,31,35). The average molecular weight is 548 g/mol. The Morgan fingerprint density at radius 2 is 1.83 bits per heavy atom. The van der Waals surface area contributed by atoms with Crippen LogP contribution in [-0.2, 0) is 19.4 Å². The molecular formula is C26H32Cl2N6OS. The van der Waals surface area contributed by atoms with Crippen LogP contribution in [0.1, 0.15) is 37.0 Å². The van der Waals surface area contributed by atoms with Crippen molar-refractivity contribution in [2.45, 2.75) is 40.2 Å². The predicted octanol–water partition coefficient (Wildman–Crippen LogP) is 5.93. The molecule has 0 unspecified atom stereocenters. The summed E-state index contributed by atoms with van der Waals surface area (Å²) in [6.07, 6.45) is 1.89. The van der Waals surface area contributed by atoms with Gasteiger partial charge in [0.1, 0.15) is 16.5 Å². The van der Waals surface area contributed by atoms with Gasteiger partial charge in [-0.3, -0.25) is 4.90 Å². The van der Waals surface area contributed by atoms with E-state index in [1.807, 2.05) is 16.2 Å². The lowest BCUT2D eigenvalue weighted by atomic mass is 10.0. The van der Waals surface area contributed by atoms with E-state index in [2.05, 4.69) is 35.9 Å². The highest BCUT2D eigenvalue weighted by Gasteiger charge is 2.29. The zero-order chi connectivity index (χ0) is 25.4. The van der Waals surface area contributed by atoms with Crippen molar-refractivity contribution in [3.8, 4) is 0 Å². The summed E-state index contributed by atoms with van der Waals surface area (Å²) in [5.74, 6) is 2.43. The van der Waals surface area contributed by atoms with E-state index < -0.39 is 0 Å². The third-order valence-corrected chi connectivity index (χ3v) is 8.65. The highest BCUT2D eigenvalue weighted by atomic mass is 35.5. The fourth-order valence-corrected chi connectivity index (χ4v) is 6.72. The minimum Gasteiger partial charge on any atom is -0.352 e. The van der Waals surface area contributed by atoms with Crippen LogP contribution in [0.5, 0.6) is 0 Å². The van der Waals surface area contributed by atoms with Crippen molar-refractivity contribution in [2.75, 3.05) is 49.5 Å². The van der Waals surface area contributed by atoms with Gasteiger partial charge in [-0.05, 0) is 36.6 Å². The quantitative estimate of drug-likeness (QED) is 0.429. The number of anilines is 2. The number of likely N-dealkylation sites (N-methyl/N-ethyl adjacent to an activating group) is 1. The van der Waals surface area contributed by atoms with E-state index in [-0.39, 0.29) is 6.03 Å². The zero-order valence-electron chi connectivity index (χ0n) is 21.0. The van der Waals surface area contributed by atoms with Gasteiger partial charge < -0.3 is 15.1 Å². The van der Waals surface area contributed by atoms with Gasteiger partial charge in [0.05, 0.1) is 21.1 Å². The Kier molecular flexibility index (Phi) is 7.58. The van der Waals surface area contributed by atoms with Crippen molar-refractivity contribution in [1.29, 1.82) is 0 Å². The maximum absolute atomic E-state index is 13.0. The number of urea groups is 1. The lowest BCUT2D eigenvalue weighted by Crippen LogP contribution is -2.50. The van der Waals surface area contributed by atoms with Crippen LogP contribution >= 0.6 is 34.5 Å². The average Bonchev–Trinajstić information content (AvgIpc) is 3.23. The number of carbonyl (C=O) groups excluding carboxylic acids is 1. The summed E-state index contributed by atoms with van der Waals surface area (Å²) in [6, 6.07) is 5.01. The highest BCUT2D eigenvalue weighted by molar-refractivity contribution is 7.19. The molecule has 2 aliphatic heterocycles. The molecule has 3 aromatic rings. The van der Waals surface area contributed by atoms with E-state index in [0.29, 0.717) is 47.8 Å². The van der Waals surface area contributed by atoms with Crippen molar-refractivity contribution < 1.29 is 4.79 Å². The fourth-order valence-electron chi connectivity index (χ4n) is 4.95.